The summed E-state index contributed by atoms with van der Waals surface area (Å²) in [6.45, 7) is 1.36. The molecule has 1 aliphatic heterocycles. The minimum atomic E-state index is -3.17. The minimum absolute atomic E-state index is 0.108. The molecule has 1 atom stereocenters. The Balaban J connectivity index is 1.73. The first-order valence-corrected chi connectivity index (χ1v) is 8.78. The highest BCUT2D eigenvalue weighted by Gasteiger charge is 2.20. The summed E-state index contributed by atoms with van der Waals surface area (Å²) in [7, 11) is -3.17. The molecule has 1 fully saturated rings. The van der Waals surface area contributed by atoms with Crippen LogP contribution in [0.3, 0.4) is 0 Å². The van der Waals surface area contributed by atoms with Crippen LogP contribution in [0.15, 0.2) is 11.6 Å². The van der Waals surface area contributed by atoms with Crippen molar-refractivity contribution in [3.8, 4) is 0 Å². The number of aromatic nitrogens is 1. The van der Waals surface area contributed by atoms with Gasteiger partial charge in [0, 0.05) is 30.6 Å². The largest absolute Gasteiger partial charge is 0.313 e. The van der Waals surface area contributed by atoms with Gasteiger partial charge in [-0.05, 0) is 19.4 Å². The fraction of sp³-hybridized carbons (Fsp3) is 0.727. The van der Waals surface area contributed by atoms with Crippen LogP contribution in [0.5, 0.6) is 0 Å². The van der Waals surface area contributed by atoms with E-state index in [1.807, 2.05) is 5.38 Å². The Kier molecular flexibility index (Phi) is 5.11. The second kappa shape index (κ2) is 6.60. The quantitative estimate of drug-likeness (QED) is 0.810. The van der Waals surface area contributed by atoms with Gasteiger partial charge in [-0.2, -0.15) is 0 Å². The van der Waals surface area contributed by atoms with Gasteiger partial charge in [-0.15, -0.1) is 11.3 Å². The first kappa shape index (κ1) is 13.9. The van der Waals surface area contributed by atoms with Crippen LogP contribution >= 0.6 is 11.3 Å². The van der Waals surface area contributed by atoms with Crippen LogP contribution < -0.4 is 10.0 Å². The van der Waals surface area contributed by atoms with Crippen molar-refractivity contribution in [2.24, 2.45) is 0 Å². The molecule has 0 amide bonds. The molecule has 2 rings (SSSR count). The Morgan fingerprint density at radius 1 is 1.50 bits per heavy atom. The van der Waals surface area contributed by atoms with Crippen molar-refractivity contribution >= 4 is 21.4 Å². The average molecular weight is 289 g/mol. The zero-order chi connectivity index (χ0) is 12.8. The summed E-state index contributed by atoms with van der Waals surface area (Å²) in [6, 6.07) is 0.108. The third-order valence-electron chi connectivity index (χ3n) is 2.98. The van der Waals surface area contributed by atoms with Gasteiger partial charge in [0.1, 0.15) is 0 Å². The zero-order valence-electron chi connectivity index (χ0n) is 10.3. The summed E-state index contributed by atoms with van der Waals surface area (Å²) >= 11 is 1.55. The number of rotatable bonds is 6. The molecule has 7 heteroatoms. The molecule has 0 spiro atoms. The van der Waals surface area contributed by atoms with E-state index < -0.39 is 10.0 Å². The second-order valence-corrected chi connectivity index (χ2v) is 7.33. The Morgan fingerprint density at radius 3 is 3.06 bits per heavy atom. The molecule has 0 bridgehead atoms. The standard InChI is InChI=1S/C11H19N3O2S2/c15-18(16,9-10-3-1-2-5-12-10)14-6-4-11-13-7-8-17-11/h7-8,10,12,14H,1-6,9H2. The fourth-order valence-electron chi connectivity index (χ4n) is 2.08. The topological polar surface area (TPSA) is 71.1 Å². The predicted octanol–water partition coefficient (Wildman–Crippen LogP) is 0.747. The summed E-state index contributed by atoms with van der Waals surface area (Å²) in [5, 5.41) is 6.11. The third-order valence-corrected chi connectivity index (χ3v) is 5.30. The normalized spacial score (nSPS) is 21.0. The molecule has 18 heavy (non-hydrogen) atoms. The molecular weight excluding hydrogens is 270 g/mol. The van der Waals surface area contributed by atoms with Crippen LogP contribution in [-0.2, 0) is 16.4 Å². The molecule has 102 valence electrons. The van der Waals surface area contributed by atoms with Gasteiger partial charge >= 0.3 is 0 Å². The highest BCUT2D eigenvalue weighted by Crippen LogP contribution is 2.09. The highest BCUT2D eigenvalue weighted by atomic mass is 32.2. The Labute approximate surface area is 112 Å². The molecule has 1 unspecified atom stereocenters. The van der Waals surface area contributed by atoms with Crippen LogP contribution in [0.25, 0.3) is 0 Å². The number of sulfonamides is 1. The SMILES string of the molecule is O=S(=O)(CC1CCCCN1)NCCc1nccs1. The van der Waals surface area contributed by atoms with Gasteiger partial charge in [-0.1, -0.05) is 6.42 Å². The van der Waals surface area contributed by atoms with E-state index in [2.05, 4.69) is 15.0 Å². The van der Waals surface area contributed by atoms with Gasteiger partial charge in [0.25, 0.3) is 0 Å². The van der Waals surface area contributed by atoms with E-state index >= 15 is 0 Å². The van der Waals surface area contributed by atoms with Crippen molar-refractivity contribution in [3.63, 3.8) is 0 Å². The van der Waals surface area contributed by atoms with Gasteiger partial charge in [-0.3, -0.25) is 0 Å². The smallest absolute Gasteiger partial charge is 0.213 e. The number of piperidine rings is 1. The number of nitrogens with one attached hydrogen (secondary N) is 2. The summed E-state index contributed by atoms with van der Waals surface area (Å²) in [6.07, 6.45) is 5.61. The van der Waals surface area contributed by atoms with E-state index in [4.69, 9.17) is 0 Å². The summed E-state index contributed by atoms with van der Waals surface area (Å²) in [5.41, 5.74) is 0. The van der Waals surface area contributed by atoms with Crippen molar-refractivity contribution in [2.75, 3.05) is 18.8 Å². The fourth-order valence-corrected chi connectivity index (χ4v) is 4.05. The molecule has 1 aromatic rings. The molecule has 2 heterocycles. The maximum atomic E-state index is 11.9. The molecular formula is C11H19N3O2S2. The third kappa shape index (κ3) is 4.64. The van der Waals surface area contributed by atoms with Crippen LogP contribution in [0.4, 0.5) is 0 Å². The highest BCUT2D eigenvalue weighted by molar-refractivity contribution is 7.89. The zero-order valence-corrected chi connectivity index (χ0v) is 11.9. The van der Waals surface area contributed by atoms with Crippen molar-refractivity contribution in [1.29, 1.82) is 0 Å². The number of hydrogen-bond acceptors (Lipinski definition) is 5. The van der Waals surface area contributed by atoms with E-state index in [9.17, 15) is 8.42 Å². The monoisotopic (exact) mass is 289 g/mol. The Hall–Kier alpha value is -0.500. The van der Waals surface area contributed by atoms with E-state index in [0.29, 0.717) is 13.0 Å². The van der Waals surface area contributed by atoms with E-state index in [1.165, 1.54) is 0 Å². The van der Waals surface area contributed by atoms with Crippen molar-refractivity contribution in [1.82, 2.24) is 15.0 Å². The summed E-state index contributed by atoms with van der Waals surface area (Å²) in [4.78, 5) is 4.12. The first-order chi connectivity index (χ1) is 8.66. The Bertz CT molecular complexity index is 439. The number of nitrogens with zero attached hydrogens (tertiary/aromatic N) is 1. The number of hydrogen-bond donors (Lipinski definition) is 2. The van der Waals surface area contributed by atoms with Crippen LogP contribution in [0, 0.1) is 0 Å². The lowest BCUT2D eigenvalue weighted by molar-refractivity contribution is 0.422. The molecule has 2 N–H and O–H groups in total. The minimum Gasteiger partial charge on any atom is -0.313 e. The lowest BCUT2D eigenvalue weighted by atomic mass is 10.1. The lowest BCUT2D eigenvalue weighted by Crippen LogP contribution is -2.42. The molecule has 1 aliphatic rings. The lowest BCUT2D eigenvalue weighted by Gasteiger charge is -2.23. The molecule has 0 saturated carbocycles. The maximum Gasteiger partial charge on any atom is 0.213 e. The van der Waals surface area contributed by atoms with E-state index in [-0.39, 0.29) is 11.8 Å². The van der Waals surface area contributed by atoms with Gasteiger partial charge < -0.3 is 5.32 Å². The Morgan fingerprint density at radius 2 is 2.39 bits per heavy atom. The van der Waals surface area contributed by atoms with Gasteiger partial charge in [0.15, 0.2) is 0 Å². The second-order valence-electron chi connectivity index (χ2n) is 4.50. The predicted molar refractivity (Wildman–Crippen MR) is 73.2 cm³/mol. The molecule has 5 nitrogen and oxygen atoms in total. The molecule has 0 radical (unpaired) electrons. The van der Waals surface area contributed by atoms with Crippen LogP contribution in [-0.4, -0.2) is 38.3 Å². The first-order valence-electron chi connectivity index (χ1n) is 6.25. The van der Waals surface area contributed by atoms with Gasteiger partial charge in [0.2, 0.25) is 10.0 Å². The summed E-state index contributed by atoms with van der Waals surface area (Å²) < 4.78 is 26.4. The van der Waals surface area contributed by atoms with Gasteiger partial charge in [0.05, 0.1) is 10.8 Å². The maximum absolute atomic E-state index is 11.9. The van der Waals surface area contributed by atoms with E-state index in [0.717, 1.165) is 30.8 Å². The van der Waals surface area contributed by atoms with Crippen LogP contribution in [0.1, 0.15) is 24.3 Å². The van der Waals surface area contributed by atoms with E-state index in [1.54, 1.807) is 17.5 Å². The molecule has 0 aliphatic carbocycles. The summed E-state index contributed by atoms with van der Waals surface area (Å²) in [5.74, 6) is 0.185. The number of thiazole rings is 1. The van der Waals surface area contributed by atoms with Crippen molar-refractivity contribution in [3.05, 3.63) is 16.6 Å². The van der Waals surface area contributed by atoms with Crippen molar-refractivity contribution < 1.29 is 8.42 Å². The molecule has 1 saturated heterocycles. The van der Waals surface area contributed by atoms with Crippen LogP contribution in [0.2, 0.25) is 0 Å². The van der Waals surface area contributed by atoms with Crippen molar-refractivity contribution in [2.45, 2.75) is 31.7 Å². The molecule has 0 aromatic carbocycles. The molecule has 1 aromatic heterocycles. The van der Waals surface area contributed by atoms with Gasteiger partial charge in [-0.25, -0.2) is 18.1 Å². The average Bonchev–Trinajstić information content (AvgIpc) is 2.82.